The largest absolute Gasteiger partial charge is 0.399 e. The third-order valence-electron chi connectivity index (χ3n) is 5.52. The van der Waals surface area contributed by atoms with Gasteiger partial charge in [-0.1, -0.05) is 0 Å². The van der Waals surface area contributed by atoms with Crippen LogP contribution in [0.25, 0.3) is 10.9 Å². The highest BCUT2D eigenvalue weighted by Crippen LogP contribution is 2.27. The molecule has 0 aliphatic heterocycles. The van der Waals surface area contributed by atoms with E-state index < -0.39 is 0 Å². The van der Waals surface area contributed by atoms with E-state index in [1.54, 1.807) is 24.5 Å². The molecule has 5 rings (SSSR count). The number of carbonyl (C=O) groups is 1. The molecule has 0 spiro atoms. The molecule has 5 N–H and O–H groups in total. The van der Waals surface area contributed by atoms with Crippen molar-refractivity contribution in [3.05, 3.63) is 109 Å². The van der Waals surface area contributed by atoms with Gasteiger partial charge in [-0.2, -0.15) is 0 Å². The van der Waals surface area contributed by atoms with E-state index in [1.807, 2.05) is 79.7 Å². The maximum Gasteiger partial charge on any atom is 0.255 e. The number of hydrogen-bond donors (Lipinski definition) is 4. The Labute approximate surface area is 203 Å². The highest BCUT2D eigenvalue weighted by atomic mass is 16.1. The number of rotatable bonds is 6. The fourth-order valence-electron chi connectivity index (χ4n) is 3.76. The van der Waals surface area contributed by atoms with E-state index in [1.165, 1.54) is 0 Å². The summed E-state index contributed by atoms with van der Waals surface area (Å²) >= 11 is 0. The zero-order valence-electron chi connectivity index (χ0n) is 19.1. The molecule has 0 radical (unpaired) electrons. The summed E-state index contributed by atoms with van der Waals surface area (Å²) < 4.78 is 0. The molecule has 0 saturated heterocycles. The molecular weight excluding hydrogens is 436 g/mol. The number of pyridine rings is 2. The van der Waals surface area contributed by atoms with E-state index in [2.05, 4.69) is 25.9 Å². The average molecular weight is 461 g/mol. The van der Waals surface area contributed by atoms with Crippen molar-refractivity contribution in [2.75, 3.05) is 21.7 Å². The van der Waals surface area contributed by atoms with E-state index in [0.717, 1.165) is 45.0 Å². The lowest BCUT2D eigenvalue weighted by atomic mass is 10.1. The Bertz CT molecular complexity index is 1500. The normalized spacial score (nSPS) is 10.7. The van der Waals surface area contributed by atoms with Gasteiger partial charge in [0.15, 0.2) is 0 Å². The maximum absolute atomic E-state index is 12.7. The van der Waals surface area contributed by atoms with Crippen molar-refractivity contribution in [1.29, 1.82) is 0 Å². The summed E-state index contributed by atoms with van der Waals surface area (Å²) in [5.41, 5.74) is 13.4. The molecule has 7 nitrogen and oxygen atoms in total. The number of carbonyl (C=O) groups excluding carboxylic acids is 1. The molecule has 0 atom stereocenters. The summed E-state index contributed by atoms with van der Waals surface area (Å²) in [7, 11) is 0. The van der Waals surface area contributed by atoms with Crippen LogP contribution in [0, 0.1) is 6.92 Å². The third-order valence-corrected chi connectivity index (χ3v) is 5.52. The van der Waals surface area contributed by atoms with Gasteiger partial charge in [-0.25, -0.2) is 0 Å². The molecule has 7 heteroatoms. The molecule has 0 bridgehead atoms. The van der Waals surface area contributed by atoms with Gasteiger partial charge in [0.05, 0.1) is 5.52 Å². The van der Waals surface area contributed by atoms with Crippen LogP contribution in [0.2, 0.25) is 0 Å². The van der Waals surface area contributed by atoms with Crippen molar-refractivity contribution in [2.45, 2.75) is 6.92 Å². The van der Waals surface area contributed by atoms with Crippen molar-refractivity contribution in [1.82, 2.24) is 9.97 Å². The third kappa shape index (κ3) is 5.20. The first-order valence-electron chi connectivity index (χ1n) is 11.2. The Balaban J connectivity index is 1.24. The molecule has 35 heavy (non-hydrogen) atoms. The fourth-order valence-corrected chi connectivity index (χ4v) is 3.76. The van der Waals surface area contributed by atoms with Crippen LogP contribution in [-0.4, -0.2) is 15.9 Å². The van der Waals surface area contributed by atoms with Gasteiger partial charge in [-0.15, -0.1) is 0 Å². The maximum atomic E-state index is 12.7. The topological polar surface area (TPSA) is 105 Å². The summed E-state index contributed by atoms with van der Waals surface area (Å²) in [5, 5.41) is 10.6. The Morgan fingerprint density at radius 1 is 0.714 bits per heavy atom. The lowest BCUT2D eigenvalue weighted by Crippen LogP contribution is -2.11. The molecule has 0 unspecified atom stereocenters. The summed E-state index contributed by atoms with van der Waals surface area (Å²) in [6, 6.07) is 26.3. The molecule has 0 aliphatic rings. The molecule has 172 valence electrons. The molecule has 3 aromatic carbocycles. The van der Waals surface area contributed by atoms with E-state index in [-0.39, 0.29) is 5.91 Å². The number of nitrogens with zero attached hydrogens (tertiary/aromatic N) is 2. The highest BCUT2D eigenvalue weighted by molar-refractivity contribution is 6.04. The number of amides is 1. The number of anilines is 6. The van der Waals surface area contributed by atoms with Crippen molar-refractivity contribution in [2.24, 2.45) is 0 Å². The molecule has 0 aliphatic carbocycles. The number of aromatic nitrogens is 2. The number of benzene rings is 3. The molecule has 0 saturated carbocycles. The molecule has 2 aromatic heterocycles. The van der Waals surface area contributed by atoms with Crippen LogP contribution in [0.5, 0.6) is 0 Å². The second-order valence-corrected chi connectivity index (χ2v) is 8.18. The monoisotopic (exact) mass is 460 g/mol. The van der Waals surface area contributed by atoms with Crippen molar-refractivity contribution >= 4 is 50.9 Å². The number of nitrogen functional groups attached to an aromatic ring is 1. The summed E-state index contributed by atoms with van der Waals surface area (Å²) in [6.07, 6.45) is 3.52. The quantitative estimate of drug-likeness (QED) is 0.223. The zero-order chi connectivity index (χ0) is 24.2. The van der Waals surface area contributed by atoms with Crippen LogP contribution >= 0.6 is 0 Å². The second-order valence-electron chi connectivity index (χ2n) is 8.18. The lowest BCUT2D eigenvalue weighted by Gasteiger charge is -2.11. The van der Waals surface area contributed by atoms with Crippen LogP contribution in [0.4, 0.5) is 34.1 Å². The number of fused-ring (bicyclic) bond motifs is 1. The predicted molar refractivity (Wildman–Crippen MR) is 143 cm³/mol. The number of nitrogens with one attached hydrogen (secondary N) is 3. The number of aryl methyl sites for hydroxylation is 1. The van der Waals surface area contributed by atoms with E-state index in [9.17, 15) is 4.79 Å². The Morgan fingerprint density at radius 3 is 2.17 bits per heavy atom. The molecule has 2 heterocycles. The summed E-state index contributed by atoms with van der Waals surface area (Å²) in [4.78, 5) is 21.3. The Hall–Kier alpha value is -4.91. The van der Waals surface area contributed by atoms with Gasteiger partial charge in [0.2, 0.25) is 0 Å². The Kier molecular flexibility index (Phi) is 5.96. The predicted octanol–water partition coefficient (Wildman–Crippen LogP) is 6.26. The van der Waals surface area contributed by atoms with Crippen LogP contribution < -0.4 is 21.7 Å². The minimum atomic E-state index is -0.177. The number of hydrogen-bond acceptors (Lipinski definition) is 6. The molecule has 0 fully saturated rings. The van der Waals surface area contributed by atoms with Gasteiger partial charge in [-0.05, 0) is 91.9 Å². The van der Waals surface area contributed by atoms with Gasteiger partial charge >= 0.3 is 0 Å². The standard InChI is InChI=1S/C28H24N6O/c1-18-16-24(12-14-30-18)32-21-7-9-23(10-8-21)34-28(35)19-2-5-22(6-3-19)33-27-13-15-31-26-11-4-20(29)17-25(26)27/h2-17H,29H2,1H3,(H,30,32)(H,31,33)(H,34,35). The Morgan fingerprint density at radius 2 is 1.40 bits per heavy atom. The van der Waals surface area contributed by atoms with Gasteiger partial charge in [0, 0.05) is 63.2 Å². The minimum Gasteiger partial charge on any atom is -0.399 e. The van der Waals surface area contributed by atoms with Crippen LogP contribution in [0.1, 0.15) is 16.1 Å². The fraction of sp³-hybridized carbons (Fsp3) is 0.0357. The first-order chi connectivity index (χ1) is 17.0. The summed E-state index contributed by atoms with van der Waals surface area (Å²) in [6.45, 7) is 1.95. The van der Waals surface area contributed by atoms with Crippen molar-refractivity contribution in [3.63, 3.8) is 0 Å². The minimum absolute atomic E-state index is 0.177. The van der Waals surface area contributed by atoms with Crippen molar-refractivity contribution < 1.29 is 4.79 Å². The average Bonchev–Trinajstić information content (AvgIpc) is 2.86. The van der Waals surface area contributed by atoms with Gasteiger partial charge < -0.3 is 21.7 Å². The lowest BCUT2D eigenvalue weighted by molar-refractivity contribution is 0.102. The van der Waals surface area contributed by atoms with Crippen LogP contribution in [-0.2, 0) is 0 Å². The van der Waals surface area contributed by atoms with Gasteiger partial charge in [0.1, 0.15) is 0 Å². The highest BCUT2D eigenvalue weighted by Gasteiger charge is 2.08. The molecular formula is C28H24N6O. The molecule has 5 aromatic rings. The first-order valence-corrected chi connectivity index (χ1v) is 11.2. The molecule has 1 amide bonds. The smallest absolute Gasteiger partial charge is 0.255 e. The van der Waals surface area contributed by atoms with E-state index in [0.29, 0.717) is 11.3 Å². The van der Waals surface area contributed by atoms with Crippen LogP contribution in [0.15, 0.2) is 97.3 Å². The second kappa shape index (κ2) is 9.52. The van der Waals surface area contributed by atoms with Crippen LogP contribution in [0.3, 0.4) is 0 Å². The summed E-state index contributed by atoms with van der Waals surface area (Å²) in [5.74, 6) is -0.177. The zero-order valence-corrected chi connectivity index (χ0v) is 19.1. The van der Waals surface area contributed by atoms with Gasteiger partial charge in [0.25, 0.3) is 5.91 Å². The van der Waals surface area contributed by atoms with Gasteiger partial charge in [-0.3, -0.25) is 14.8 Å². The first kappa shape index (κ1) is 21.9. The van der Waals surface area contributed by atoms with E-state index >= 15 is 0 Å². The SMILES string of the molecule is Cc1cc(Nc2ccc(NC(=O)c3ccc(Nc4ccnc5ccc(N)cc45)cc3)cc2)ccn1. The van der Waals surface area contributed by atoms with Crippen molar-refractivity contribution in [3.8, 4) is 0 Å². The number of nitrogens with two attached hydrogens (primary N) is 1. The van der Waals surface area contributed by atoms with E-state index in [4.69, 9.17) is 5.73 Å².